The molecule has 0 unspecified atom stereocenters. The first kappa shape index (κ1) is 13.8. The van der Waals surface area contributed by atoms with Gasteiger partial charge in [-0.05, 0) is 30.9 Å². The summed E-state index contributed by atoms with van der Waals surface area (Å²) in [6.07, 6.45) is 1.86. The van der Waals surface area contributed by atoms with Crippen LogP contribution in [0.1, 0.15) is 30.1 Å². The summed E-state index contributed by atoms with van der Waals surface area (Å²) in [6.45, 7) is 3.43. The van der Waals surface area contributed by atoms with Crippen LogP contribution in [0.2, 0.25) is 5.02 Å². The van der Waals surface area contributed by atoms with Gasteiger partial charge in [0.2, 0.25) is 0 Å². The molecule has 1 aliphatic rings. The Morgan fingerprint density at radius 3 is 2.63 bits per heavy atom. The van der Waals surface area contributed by atoms with Gasteiger partial charge in [-0.2, -0.15) is 0 Å². The maximum atomic E-state index is 12.3. The summed E-state index contributed by atoms with van der Waals surface area (Å²) in [5.74, 6) is 0.291. The molecular formula is C13H15ClN2O3. The summed E-state index contributed by atoms with van der Waals surface area (Å²) in [7, 11) is 0. The first-order valence-electron chi connectivity index (χ1n) is 6.23. The van der Waals surface area contributed by atoms with Gasteiger partial charge in [0.15, 0.2) is 0 Å². The Morgan fingerprint density at radius 2 is 2.05 bits per heavy atom. The monoisotopic (exact) mass is 282 g/mol. The number of carbonyl (C=O) groups is 1. The van der Waals surface area contributed by atoms with Crippen molar-refractivity contribution in [3.05, 3.63) is 38.9 Å². The van der Waals surface area contributed by atoms with Crippen molar-refractivity contribution in [2.45, 2.75) is 19.8 Å². The summed E-state index contributed by atoms with van der Waals surface area (Å²) >= 11 is 5.82. The molecule has 0 spiro atoms. The number of rotatable bonds is 2. The fourth-order valence-electron chi connectivity index (χ4n) is 2.26. The molecule has 1 saturated heterocycles. The minimum atomic E-state index is -0.595. The third kappa shape index (κ3) is 2.87. The molecule has 102 valence electrons. The van der Waals surface area contributed by atoms with Crippen LogP contribution in [0.5, 0.6) is 0 Å². The van der Waals surface area contributed by atoms with E-state index in [1.54, 1.807) is 11.0 Å². The largest absolute Gasteiger partial charge is 0.338 e. The smallest absolute Gasteiger partial charge is 0.300 e. The van der Waals surface area contributed by atoms with Crippen molar-refractivity contribution in [2.24, 2.45) is 5.92 Å². The van der Waals surface area contributed by atoms with E-state index in [-0.39, 0.29) is 22.2 Å². The van der Waals surface area contributed by atoms with Gasteiger partial charge in [-0.25, -0.2) is 0 Å². The second-order valence-corrected chi connectivity index (χ2v) is 5.28. The molecule has 1 amide bonds. The fraction of sp³-hybridized carbons (Fsp3) is 0.462. The zero-order valence-corrected chi connectivity index (χ0v) is 11.4. The Labute approximate surface area is 116 Å². The normalized spacial score (nSPS) is 16.4. The van der Waals surface area contributed by atoms with Gasteiger partial charge < -0.3 is 4.90 Å². The SMILES string of the molecule is CC1CCN(C(=O)c2cccc(Cl)c2[N+](=O)[O-])CC1. The number of nitro benzene ring substituents is 1. The van der Waals surface area contributed by atoms with Gasteiger partial charge >= 0.3 is 5.69 Å². The summed E-state index contributed by atoms with van der Waals surface area (Å²) in [5, 5.41) is 11.0. The van der Waals surface area contributed by atoms with Crippen LogP contribution in [0.25, 0.3) is 0 Å². The van der Waals surface area contributed by atoms with E-state index in [0.29, 0.717) is 19.0 Å². The van der Waals surface area contributed by atoms with Crippen LogP contribution >= 0.6 is 11.6 Å². The number of nitrogens with zero attached hydrogens (tertiary/aromatic N) is 2. The predicted octanol–water partition coefficient (Wildman–Crippen LogP) is 3.12. The number of piperidine rings is 1. The highest BCUT2D eigenvalue weighted by Gasteiger charge is 2.28. The number of carbonyl (C=O) groups excluding carboxylic acids is 1. The van der Waals surface area contributed by atoms with E-state index in [0.717, 1.165) is 12.8 Å². The minimum absolute atomic E-state index is 0.00114. The molecular weight excluding hydrogens is 268 g/mol. The van der Waals surface area contributed by atoms with Gasteiger partial charge in [0.25, 0.3) is 5.91 Å². The van der Waals surface area contributed by atoms with Crippen LogP contribution < -0.4 is 0 Å². The van der Waals surface area contributed by atoms with Gasteiger partial charge in [-0.3, -0.25) is 14.9 Å². The van der Waals surface area contributed by atoms with E-state index in [1.165, 1.54) is 12.1 Å². The molecule has 0 N–H and O–H groups in total. The lowest BCUT2D eigenvalue weighted by Gasteiger charge is -2.30. The summed E-state index contributed by atoms with van der Waals surface area (Å²) in [5.41, 5.74) is -0.222. The highest BCUT2D eigenvalue weighted by molar-refractivity contribution is 6.33. The van der Waals surface area contributed by atoms with Crippen molar-refractivity contribution in [2.75, 3.05) is 13.1 Å². The number of amides is 1. The van der Waals surface area contributed by atoms with E-state index < -0.39 is 4.92 Å². The molecule has 1 aromatic rings. The number of hydrogen-bond acceptors (Lipinski definition) is 3. The van der Waals surface area contributed by atoms with Crippen molar-refractivity contribution in [1.29, 1.82) is 0 Å². The standard InChI is InChI=1S/C13H15ClN2O3/c1-9-5-7-15(8-6-9)13(17)10-3-2-4-11(14)12(10)16(18)19/h2-4,9H,5-8H2,1H3. The highest BCUT2D eigenvalue weighted by Crippen LogP contribution is 2.30. The molecule has 5 nitrogen and oxygen atoms in total. The molecule has 1 fully saturated rings. The zero-order valence-electron chi connectivity index (χ0n) is 10.6. The van der Waals surface area contributed by atoms with Gasteiger partial charge in [-0.15, -0.1) is 0 Å². The lowest BCUT2D eigenvalue weighted by Crippen LogP contribution is -2.38. The van der Waals surface area contributed by atoms with E-state index in [9.17, 15) is 14.9 Å². The molecule has 19 heavy (non-hydrogen) atoms. The zero-order chi connectivity index (χ0) is 14.0. The van der Waals surface area contributed by atoms with E-state index in [2.05, 4.69) is 6.92 Å². The number of likely N-dealkylation sites (tertiary alicyclic amines) is 1. The quantitative estimate of drug-likeness (QED) is 0.618. The second kappa shape index (κ2) is 5.57. The number of halogens is 1. The first-order valence-corrected chi connectivity index (χ1v) is 6.60. The molecule has 0 aromatic heterocycles. The van der Waals surface area contributed by atoms with E-state index in [1.807, 2.05) is 0 Å². The maximum absolute atomic E-state index is 12.3. The Kier molecular flexibility index (Phi) is 4.04. The first-order chi connectivity index (χ1) is 9.00. The van der Waals surface area contributed by atoms with Crippen molar-refractivity contribution in [3.63, 3.8) is 0 Å². The molecule has 2 rings (SSSR count). The Hall–Kier alpha value is -1.62. The molecule has 0 bridgehead atoms. The molecule has 6 heteroatoms. The van der Waals surface area contributed by atoms with Crippen LogP contribution in [0.15, 0.2) is 18.2 Å². The highest BCUT2D eigenvalue weighted by atomic mass is 35.5. The topological polar surface area (TPSA) is 63.5 Å². The summed E-state index contributed by atoms with van der Waals surface area (Å²) in [6, 6.07) is 4.45. The van der Waals surface area contributed by atoms with Crippen LogP contribution in [0.3, 0.4) is 0 Å². The third-order valence-electron chi connectivity index (χ3n) is 3.47. The Balaban J connectivity index is 2.29. The molecule has 0 aliphatic carbocycles. The lowest BCUT2D eigenvalue weighted by molar-refractivity contribution is -0.385. The molecule has 0 saturated carbocycles. The molecule has 1 heterocycles. The van der Waals surface area contributed by atoms with Gasteiger partial charge in [0.1, 0.15) is 10.6 Å². The van der Waals surface area contributed by atoms with Crippen molar-refractivity contribution < 1.29 is 9.72 Å². The van der Waals surface area contributed by atoms with E-state index >= 15 is 0 Å². The average Bonchev–Trinajstić information content (AvgIpc) is 2.38. The molecule has 0 radical (unpaired) electrons. The number of nitro groups is 1. The van der Waals surface area contributed by atoms with Crippen LogP contribution in [-0.4, -0.2) is 28.8 Å². The van der Waals surface area contributed by atoms with Gasteiger partial charge in [0.05, 0.1) is 4.92 Å². The van der Waals surface area contributed by atoms with Crippen LogP contribution in [0.4, 0.5) is 5.69 Å². The van der Waals surface area contributed by atoms with Crippen LogP contribution in [0, 0.1) is 16.0 Å². The second-order valence-electron chi connectivity index (χ2n) is 4.87. The lowest BCUT2D eigenvalue weighted by atomic mass is 9.98. The van der Waals surface area contributed by atoms with Gasteiger partial charge in [-0.1, -0.05) is 24.6 Å². The van der Waals surface area contributed by atoms with Crippen LogP contribution in [-0.2, 0) is 0 Å². The summed E-state index contributed by atoms with van der Waals surface area (Å²) < 4.78 is 0. The maximum Gasteiger partial charge on any atom is 0.300 e. The number of benzene rings is 1. The fourth-order valence-corrected chi connectivity index (χ4v) is 2.50. The molecule has 1 aromatic carbocycles. The summed E-state index contributed by atoms with van der Waals surface area (Å²) in [4.78, 5) is 24.4. The molecule has 1 aliphatic heterocycles. The van der Waals surface area contributed by atoms with Crippen molar-refractivity contribution in [1.82, 2.24) is 4.90 Å². The van der Waals surface area contributed by atoms with Crippen molar-refractivity contribution in [3.8, 4) is 0 Å². The van der Waals surface area contributed by atoms with Gasteiger partial charge in [0, 0.05) is 13.1 Å². The molecule has 0 atom stereocenters. The van der Waals surface area contributed by atoms with Crippen molar-refractivity contribution >= 4 is 23.2 Å². The third-order valence-corrected chi connectivity index (χ3v) is 3.78. The Bertz CT molecular complexity index is 511. The average molecular weight is 283 g/mol. The van der Waals surface area contributed by atoms with E-state index in [4.69, 9.17) is 11.6 Å². The predicted molar refractivity (Wildman–Crippen MR) is 72.4 cm³/mol. The number of hydrogen-bond donors (Lipinski definition) is 0. The number of para-hydroxylation sites is 1. The Morgan fingerprint density at radius 1 is 1.42 bits per heavy atom. The minimum Gasteiger partial charge on any atom is -0.338 e.